The van der Waals surface area contributed by atoms with Gasteiger partial charge in [-0.1, -0.05) is 62.4 Å². The maximum Gasteiger partial charge on any atom is 0.408 e. The average Bonchev–Trinajstić information content (AvgIpc) is 2.86. The summed E-state index contributed by atoms with van der Waals surface area (Å²) in [7, 11) is 0. The van der Waals surface area contributed by atoms with Crippen molar-refractivity contribution in [3.05, 3.63) is 66.2 Å². The molecular formula is C30H43N3O5S. The quantitative estimate of drug-likeness (QED) is 0.273. The molecule has 0 heterocycles. The fourth-order valence-corrected chi connectivity index (χ4v) is 4.78. The molecule has 0 spiro atoms. The van der Waals surface area contributed by atoms with E-state index in [4.69, 9.17) is 4.74 Å². The second-order valence-corrected chi connectivity index (χ2v) is 12.1. The Morgan fingerprint density at radius 1 is 0.872 bits per heavy atom. The molecule has 0 aromatic heterocycles. The molecule has 0 unspecified atom stereocenters. The van der Waals surface area contributed by atoms with Crippen molar-refractivity contribution < 1.29 is 24.2 Å². The predicted octanol–water partition coefficient (Wildman–Crippen LogP) is 4.31. The van der Waals surface area contributed by atoms with E-state index in [2.05, 4.69) is 16.0 Å². The van der Waals surface area contributed by atoms with Gasteiger partial charge in [-0.15, -0.1) is 11.8 Å². The molecule has 2 aromatic rings. The maximum atomic E-state index is 13.2. The first kappa shape index (κ1) is 32.2. The number of aliphatic hydroxyl groups is 1. The van der Waals surface area contributed by atoms with E-state index < -0.39 is 47.7 Å². The summed E-state index contributed by atoms with van der Waals surface area (Å²) in [4.78, 5) is 39.8. The molecular weight excluding hydrogens is 514 g/mol. The lowest BCUT2D eigenvalue weighted by atomic mass is 9.99. The van der Waals surface area contributed by atoms with Gasteiger partial charge < -0.3 is 25.8 Å². The molecule has 0 aliphatic rings. The molecule has 3 amide bonds. The first-order chi connectivity index (χ1) is 18.3. The Morgan fingerprint density at radius 3 is 2.03 bits per heavy atom. The minimum atomic E-state index is -0.947. The van der Waals surface area contributed by atoms with E-state index in [1.54, 1.807) is 27.7 Å². The van der Waals surface area contributed by atoms with Gasteiger partial charge in [0.15, 0.2) is 0 Å². The summed E-state index contributed by atoms with van der Waals surface area (Å²) < 4.78 is 5.34. The van der Waals surface area contributed by atoms with Crippen molar-refractivity contribution in [2.24, 2.45) is 5.92 Å². The molecule has 9 heteroatoms. The van der Waals surface area contributed by atoms with Gasteiger partial charge >= 0.3 is 6.09 Å². The van der Waals surface area contributed by atoms with E-state index in [1.165, 1.54) is 11.8 Å². The summed E-state index contributed by atoms with van der Waals surface area (Å²) in [6, 6.07) is 16.7. The number of amides is 3. The van der Waals surface area contributed by atoms with E-state index in [0.29, 0.717) is 12.2 Å². The van der Waals surface area contributed by atoms with Crippen molar-refractivity contribution in [1.29, 1.82) is 0 Å². The third-order valence-electron chi connectivity index (χ3n) is 5.72. The molecule has 0 bridgehead atoms. The second kappa shape index (κ2) is 15.5. The number of hydrogen-bond donors (Lipinski definition) is 4. The van der Waals surface area contributed by atoms with Gasteiger partial charge in [-0.05, 0) is 57.7 Å². The standard InChI is InChI=1S/C30H43N3O5S/c1-20(2)17-24(26(34)19-39-23-15-11-8-12-16-23)32-27(35)21(3)31-28(36)25(18-22-13-9-7-10-14-22)33-29(37)38-30(4,5)6/h7-16,20-21,24-26,34H,17-19H2,1-6H3,(H,31,36)(H,32,35)(H,33,37)/t21-,24+,25-,26+/m0/s1. The Labute approximate surface area is 236 Å². The minimum Gasteiger partial charge on any atom is -0.444 e. The van der Waals surface area contributed by atoms with Crippen LogP contribution in [0.2, 0.25) is 0 Å². The number of hydrogen-bond acceptors (Lipinski definition) is 6. The Morgan fingerprint density at radius 2 is 1.46 bits per heavy atom. The van der Waals surface area contributed by atoms with Crippen LogP contribution in [-0.2, 0) is 20.7 Å². The predicted molar refractivity (Wildman–Crippen MR) is 155 cm³/mol. The smallest absolute Gasteiger partial charge is 0.408 e. The van der Waals surface area contributed by atoms with Gasteiger partial charge in [0.1, 0.15) is 17.7 Å². The first-order valence-corrected chi connectivity index (χ1v) is 14.3. The van der Waals surface area contributed by atoms with Crippen LogP contribution in [0.15, 0.2) is 65.6 Å². The topological polar surface area (TPSA) is 117 Å². The lowest BCUT2D eigenvalue weighted by Gasteiger charge is -2.28. The van der Waals surface area contributed by atoms with Crippen LogP contribution in [0.5, 0.6) is 0 Å². The Hall–Kier alpha value is -3.04. The van der Waals surface area contributed by atoms with Crippen molar-refractivity contribution in [3.63, 3.8) is 0 Å². The summed E-state index contributed by atoms with van der Waals surface area (Å²) in [5.41, 5.74) is 0.123. The van der Waals surface area contributed by atoms with Crippen LogP contribution in [0.1, 0.15) is 53.5 Å². The van der Waals surface area contributed by atoms with Crippen LogP contribution in [0.4, 0.5) is 4.79 Å². The summed E-state index contributed by atoms with van der Waals surface area (Å²) in [6.07, 6.45) is -0.679. The number of nitrogens with one attached hydrogen (secondary N) is 3. The minimum absolute atomic E-state index is 0.228. The number of alkyl carbamates (subject to hydrolysis) is 1. The van der Waals surface area contributed by atoms with E-state index in [9.17, 15) is 19.5 Å². The molecule has 214 valence electrons. The molecule has 0 saturated heterocycles. The van der Waals surface area contributed by atoms with Crippen molar-refractivity contribution >= 4 is 29.7 Å². The highest BCUT2D eigenvalue weighted by Crippen LogP contribution is 2.20. The summed E-state index contributed by atoms with van der Waals surface area (Å²) >= 11 is 1.52. The van der Waals surface area contributed by atoms with Crippen molar-refractivity contribution in [1.82, 2.24) is 16.0 Å². The summed E-state index contributed by atoms with van der Waals surface area (Å²) in [5, 5.41) is 19.2. The monoisotopic (exact) mass is 557 g/mol. The third kappa shape index (κ3) is 12.6. The van der Waals surface area contributed by atoms with Gasteiger partial charge in [0.25, 0.3) is 0 Å². The molecule has 0 aliphatic carbocycles. The first-order valence-electron chi connectivity index (χ1n) is 13.3. The molecule has 4 N–H and O–H groups in total. The van der Waals surface area contributed by atoms with Crippen molar-refractivity contribution in [2.45, 2.75) is 89.1 Å². The highest BCUT2D eigenvalue weighted by molar-refractivity contribution is 7.99. The van der Waals surface area contributed by atoms with Crippen LogP contribution < -0.4 is 16.0 Å². The number of ether oxygens (including phenoxy) is 1. The van der Waals surface area contributed by atoms with Crippen molar-refractivity contribution in [2.75, 3.05) is 5.75 Å². The molecule has 2 rings (SSSR count). The zero-order valence-corrected chi connectivity index (χ0v) is 24.6. The largest absolute Gasteiger partial charge is 0.444 e. The summed E-state index contributed by atoms with van der Waals surface area (Å²) in [6.45, 7) is 10.9. The fourth-order valence-electron chi connectivity index (χ4n) is 3.83. The van der Waals surface area contributed by atoms with E-state index in [1.807, 2.05) is 74.5 Å². The molecule has 39 heavy (non-hydrogen) atoms. The average molecular weight is 558 g/mol. The molecule has 0 fully saturated rings. The number of rotatable bonds is 13. The van der Waals surface area contributed by atoms with Crippen LogP contribution in [0.25, 0.3) is 0 Å². The Kier molecular flexibility index (Phi) is 12.8. The van der Waals surface area contributed by atoms with Gasteiger partial charge in [0.05, 0.1) is 12.1 Å². The molecule has 4 atom stereocenters. The van der Waals surface area contributed by atoms with Crippen LogP contribution in [0, 0.1) is 5.92 Å². The fraction of sp³-hybridized carbons (Fsp3) is 0.500. The molecule has 0 aliphatic heterocycles. The highest BCUT2D eigenvalue weighted by Gasteiger charge is 2.29. The SMILES string of the molecule is CC(C)C[C@@H](NC(=O)[C@H](C)NC(=O)[C@H](Cc1ccccc1)NC(=O)OC(C)(C)C)[C@H](O)CSc1ccccc1. The number of carbonyl (C=O) groups excluding carboxylic acids is 3. The van der Waals surface area contributed by atoms with E-state index >= 15 is 0 Å². The van der Waals surface area contributed by atoms with Gasteiger partial charge in [0, 0.05) is 17.1 Å². The van der Waals surface area contributed by atoms with Gasteiger partial charge in [0.2, 0.25) is 11.8 Å². The molecule has 8 nitrogen and oxygen atoms in total. The maximum absolute atomic E-state index is 13.2. The molecule has 2 aromatic carbocycles. The normalized spacial score (nSPS) is 14.6. The van der Waals surface area contributed by atoms with Gasteiger partial charge in [-0.2, -0.15) is 0 Å². The Balaban J connectivity index is 2.04. The number of thioether (sulfide) groups is 1. The summed E-state index contributed by atoms with van der Waals surface area (Å²) in [5.74, 6) is -0.257. The zero-order valence-electron chi connectivity index (χ0n) is 23.8. The van der Waals surface area contributed by atoms with Gasteiger partial charge in [-0.25, -0.2) is 4.79 Å². The molecule has 0 saturated carbocycles. The van der Waals surface area contributed by atoms with Crippen LogP contribution >= 0.6 is 11.8 Å². The number of aliphatic hydroxyl groups excluding tert-OH is 1. The third-order valence-corrected chi connectivity index (χ3v) is 6.84. The molecule has 0 radical (unpaired) electrons. The lowest BCUT2D eigenvalue weighted by Crippen LogP contribution is -2.56. The van der Waals surface area contributed by atoms with E-state index in [0.717, 1.165) is 10.5 Å². The number of benzene rings is 2. The van der Waals surface area contributed by atoms with E-state index in [-0.39, 0.29) is 12.3 Å². The van der Waals surface area contributed by atoms with Crippen LogP contribution in [0.3, 0.4) is 0 Å². The number of carbonyl (C=O) groups is 3. The van der Waals surface area contributed by atoms with Gasteiger partial charge in [-0.3, -0.25) is 9.59 Å². The highest BCUT2D eigenvalue weighted by atomic mass is 32.2. The lowest BCUT2D eigenvalue weighted by molar-refractivity contribution is -0.130. The zero-order chi connectivity index (χ0) is 29.0. The second-order valence-electron chi connectivity index (χ2n) is 11.1. The Bertz CT molecular complexity index is 1040. The van der Waals surface area contributed by atoms with Crippen LogP contribution in [-0.4, -0.2) is 58.6 Å². The van der Waals surface area contributed by atoms with Crippen molar-refractivity contribution in [3.8, 4) is 0 Å².